The van der Waals surface area contributed by atoms with Crippen LogP contribution in [0.1, 0.15) is 75.1 Å². The van der Waals surface area contributed by atoms with Crippen LogP contribution in [0.5, 0.6) is 5.75 Å². The van der Waals surface area contributed by atoms with Crippen LogP contribution in [-0.2, 0) is 14.8 Å². The summed E-state index contributed by atoms with van der Waals surface area (Å²) in [6, 6.07) is 4.53. The van der Waals surface area contributed by atoms with Crippen LogP contribution in [0.25, 0.3) is 0 Å². The van der Waals surface area contributed by atoms with Crippen LogP contribution in [0.4, 0.5) is 0 Å². The average Bonchev–Trinajstić information content (AvgIpc) is 2.79. The van der Waals surface area contributed by atoms with Crippen molar-refractivity contribution in [2.24, 2.45) is 0 Å². The summed E-state index contributed by atoms with van der Waals surface area (Å²) in [6.45, 7) is 3.53. The molecule has 1 unspecified atom stereocenters. The fourth-order valence-electron chi connectivity index (χ4n) is 4.43. The first-order chi connectivity index (χ1) is 14.9. The highest BCUT2D eigenvalue weighted by atomic mass is 32.2. The Kier molecular flexibility index (Phi) is 8.75. The number of rotatable bonds is 9. The zero-order chi connectivity index (χ0) is 22.3. The second kappa shape index (κ2) is 11.3. The summed E-state index contributed by atoms with van der Waals surface area (Å²) in [6.07, 6.45) is 9.82. The SMILES string of the molecule is COc1ccc(C(=O)NCCCOC2CCCCC2)cc1S(=O)(=O)N1CCCCC1C. The maximum absolute atomic E-state index is 13.3. The van der Waals surface area contributed by atoms with E-state index in [1.807, 2.05) is 6.92 Å². The van der Waals surface area contributed by atoms with E-state index in [-0.39, 0.29) is 22.6 Å². The summed E-state index contributed by atoms with van der Waals surface area (Å²) in [7, 11) is -2.30. The minimum atomic E-state index is -3.74. The molecule has 0 bridgehead atoms. The third-order valence-electron chi connectivity index (χ3n) is 6.27. The van der Waals surface area contributed by atoms with Gasteiger partial charge in [0.05, 0.1) is 13.2 Å². The molecule has 1 aliphatic carbocycles. The van der Waals surface area contributed by atoms with E-state index in [0.29, 0.717) is 31.4 Å². The van der Waals surface area contributed by atoms with Crippen LogP contribution in [-0.4, -0.2) is 57.6 Å². The quantitative estimate of drug-likeness (QED) is 0.577. The second-order valence-electron chi connectivity index (χ2n) is 8.57. The summed E-state index contributed by atoms with van der Waals surface area (Å²) < 4.78 is 39.3. The van der Waals surface area contributed by atoms with E-state index in [4.69, 9.17) is 9.47 Å². The van der Waals surface area contributed by atoms with Crippen molar-refractivity contribution in [1.82, 2.24) is 9.62 Å². The smallest absolute Gasteiger partial charge is 0.251 e. The fraction of sp³-hybridized carbons (Fsp3) is 0.696. The normalized spacial score (nSPS) is 21.0. The van der Waals surface area contributed by atoms with Crippen molar-refractivity contribution in [1.29, 1.82) is 0 Å². The van der Waals surface area contributed by atoms with Gasteiger partial charge in [-0.15, -0.1) is 0 Å². The summed E-state index contributed by atoms with van der Waals surface area (Å²) in [5, 5.41) is 2.87. The first-order valence-electron chi connectivity index (χ1n) is 11.5. The number of nitrogens with one attached hydrogen (secondary N) is 1. The zero-order valence-corrected chi connectivity index (χ0v) is 19.6. The molecule has 0 spiro atoms. The summed E-state index contributed by atoms with van der Waals surface area (Å²) in [4.78, 5) is 12.7. The van der Waals surface area contributed by atoms with Crippen LogP contribution < -0.4 is 10.1 Å². The Morgan fingerprint density at radius 1 is 1.13 bits per heavy atom. The predicted molar refractivity (Wildman–Crippen MR) is 120 cm³/mol. The van der Waals surface area contributed by atoms with Gasteiger partial charge in [-0.1, -0.05) is 25.7 Å². The van der Waals surface area contributed by atoms with Gasteiger partial charge in [-0.05, 0) is 57.2 Å². The molecule has 1 saturated heterocycles. The first-order valence-corrected chi connectivity index (χ1v) is 13.0. The van der Waals surface area contributed by atoms with Gasteiger partial charge in [0.2, 0.25) is 10.0 Å². The van der Waals surface area contributed by atoms with Crippen molar-refractivity contribution in [2.75, 3.05) is 26.8 Å². The molecule has 3 rings (SSSR count). The lowest BCUT2D eigenvalue weighted by molar-refractivity contribution is 0.0273. The first kappa shape index (κ1) is 24.0. The second-order valence-corrected chi connectivity index (χ2v) is 10.4. The maximum Gasteiger partial charge on any atom is 0.251 e. The van der Waals surface area contributed by atoms with Crippen LogP contribution in [0.15, 0.2) is 23.1 Å². The Morgan fingerprint density at radius 3 is 2.58 bits per heavy atom. The van der Waals surface area contributed by atoms with Crippen molar-refractivity contribution in [3.8, 4) is 5.75 Å². The van der Waals surface area contributed by atoms with Gasteiger partial charge < -0.3 is 14.8 Å². The lowest BCUT2D eigenvalue weighted by Crippen LogP contribution is -2.42. The number of carbonyl (C=O) groups is 1. The lowest BCUT2D eigenvalue weighted by Gasteiger charge is -2.32. The highest BCUT2D eigenvalue weighted by Crippen LogP contribution is 2.31. The van der Waals surface area contributed by atoms with E-state index in [1.165, 1.54) is 36.7 Å². The molecule has 2 aliphatic rings. The highest BCUT2D eigenvalue weighted by Gasteiger charge is 2.33. The molecule has 1 heterocycles. The molecular formula is C23H36N2O5S. The monoisotopic (exact) mass is 452 g/mol. The van der Waals surface area contributed by atoms with Gasteiger partial charge in [-0.3, -0.25) is 4.79 Å². The number of nitrogens with zero attached hydrogens (tertiary/aromatic N) is 1. The lowest BCUT2D eigenvalue weighted by atomic mass is 9.98. The summed E-state index contributed by atoms with van der Waals surface area (Å²) in [5.74, 6) is -0.0290. The molecule has 0 aromatic heterocycles. The number of sulfonamides is 1. The van der Waals surface area contributed by atoms with Crippen LogP contribution >= 0.6 is 0 Å². The van der Waals surface area contributed by atoms with Crippen molar-refractivity contribution in [3.05, 3.63) is 23.8 Å². The number of hydrogen-bond acceptors (Lipinski definition) is 5. The molecule has 0 radical (unpaired) electrons. The molecule has 31 heavy (non-hydrogen) atoms. The van der Waals surface area contributed by atoms with Crippen molar-refractivity contribution in [2.45, 2.75) is 81.8 Å². The van der Waals surface area contributed by atoms with Crippen molar-refractivity contribution in [3.63, 3.8) is 0 Å². The molecule has 174 valence electrons. The summed E-state index contributed by atoms with van der Waals surface area (Å²) in [5.41, 5.74) is 0.317. The van der Waals surface area contributed by atoms with Gasteiger partial charge in [0.1, 0.15) is 10.6 Å². The Morgan fingerprint density at radius 2 is 1.87 bits per heavy atom. The molecule has 7 nitrogen and oxygen atoms in total. The van der Waals surface area contributed by atoms with E-state index in [2.05, 4.69) is 5.32 Å². The number of ether oxygens (including phenoxy) is 2. The van der Waals surface area contributed by atoms with E-state index in [9.17, 15) is 13.2 Å². The Bertz CT molecular complexity index is 836. The predicted octanol–water partition coefficient (Wildman–Crippen LogP) is 3.73. The number of methoxy groups -OCH3 is 1. The van der Waals surface area contributed by atoms with Gasteiger partial charge in [0.25, 0.3) is 5.91 Å². The number of amides is 1. The zero-order valence-electron chi connectivity index (χ0n) is 18.8. The van der Waals surface area contributed by atoms with Crippen molar-refractivity contribution >= 4 is 15.9 Å². The molecule has 1 amide bonds. The number of piperidine rings is 1. The van der Waals surface area contributed by atoms with E-state index >= 15 is 0 Å². The topological polar surface area (TPSA) is 84.9 Å². The molecule has 1 aromatic carbocycles. The molecule has 1 aliphatic heterocycles. The Balaban J connectivity index is 1.60. The number of hydrogen-bond donors (Lipinski definition) is 1. The minimum absolute atomic E-state index is 0.0528. The third-order valence-corrected chi connectivity index (χ3v) is 8.30. The molecule has 2 fully saturated rings. The molecule has 1 aromatic rings. The van der Waals surface area contributed by atoms with E-state index < -0.39 is 10.0 Å². The third kappa shape index (κ3) is 6.20. The number of carbonyl (C=O) groups excluding carboxylic acids is 1. The van der Waals surface area contributed by atoms with E-state index in [0.717, 1.165) is 38.5 Å². The molecule has 1 atom stereocenters. The Hall–Kier alpha value is -1.64. The van der Waals surface area contributed by atoms with Crippen LogP contribution in [0.3, 0.4) is 0 Å². The van der Waals surface area contributed by atoms with Gasteiger partial charge in [0, 0.05) is 31.3 Å². The fourth-order valence-corrected chi connectivity index (χ4v) is 6.32. The van der Waals surface area contributed by atoms with Crippen molar-refractivity contribution < 1.29 is 22.7 Å². The maximum atomic E-state index is 13.3. The van der Waals surface area contributed by atoms with E-state index in [1.54, 1.807) is 12.1 Å². The van der Waals surface area contributed by atoms with Gasteiger partial charge in [-0.2, -0.15) is 4.31 Å². The molecule has 1 saturated carbocycles. The van der Waals surface area contributed by atoms with Crippen LogP contribution in [0, 0.1) is 0 Å². The van der Waals surface area contributed by atoms with Gasteiger partial charge in [0.15, 0.2) is 0 Å². The molecular weight excluding hydrogens is 416 g/mol. The molecule has 8 heteroatoms. The average molecular weight is 453 g/mol. The Labute approximate surface area is 186 Å². The van der Waals surface area contributed by atoms with Gasteiger partial charge in [-0.25, -0.2) is 8.42 Å². The van der Waals surface area contributed by atoms with Gasteiger partial charge >= 0.3 is 0 Å². The minimum Gasteiger partial charge on any atom is -0.495 e. The standard InChI is InChI=1S/C23H36N2O5S/c1-18-9-6-7-15-25(18)31(27,28)22-17-19(12-13-21(22)29-2)23(26)24-14-8-16-30-20-10-4-3-5-11-20/h12-13,17-18,20H,3-11,14-16H2,1-2H3,(H,24,26). The summed E-state index contributed by atoms with van der Waals surface area (Å²) >= 11 is 0. The largest absolute Gasteiger partial charge is 0.495 e. The number of benzene rings is 1. The van der Waals surface area contributed by atoms with Crippen LogP contribution in [0.2, 0.25) is 0 Å². The molecule has 1 N–H and O–H groups in total. The highest BCUT2D eigenvalue weighted by molar-refractivity contribution is 7.89.